The maximum Gasteiger partial charge on any atom is 0.325 e. The van der Waals surface area contributed by atoms with E-state index in [9.17, 15) is 14.4 Å². The number of rotatable bonds is 4. The third kappa shape index (κ3) is 3.54. The average Bonchev–Trinajstić information content (AvgIpc) is 3.03. The van der Waals surface area contributed by atoms with Crippen LogP contribution in [0, 0.1) is 0 Å². The molecule has 1 atom stereocenters. The predicted octanol–water partition coefficient (Wildman–Crippen LogP) is 3.77. The Balaban J connectivity index is 1.32. The Morgan fingerprint density at radius 1 is 0.906 bits per heavy atom. The van der Waals surface area contributed by atoms with Crippen molar-refractivity contribution in [3.05, 3.63) is 90.0 Å². The van der Waals surface area contributed by atoms with Crippen LogP contribution in [0.1, 0.15) is 17.5 Å². The number of imide groups is 1. The average molecular weight is 425 g/mol. The van der Waals surface area contributed by atoms with Gasteiger partial charge in [0.2, 0.25) is 5.91 Å². The first-order valence-corrected chi connectivity index (χ1v) is 10.7. The number of para-hydroxylation sites is 1. The van der Waals surface area contributed by atoms with E-state index in [0.717, 1.165) is 21.6 Å². The molecule has 0 radical (unpaired) electrons. The number of fused-ring (bicyclic) bond motifs is 1. The second-order valence-corrected chi connectivity index (χ2v) is 8.31. The Hall–Kier alpha value is -3.93. The minimum atomic E-state index is -0.965. The molecule has 1 saturated heterocycles. The van der Waals surface area contributed by atoms with Crippen LogP contribution in [0.15, 0.2) is 78.9 Å². The summed E-state index contributed by atoms with van der Waals surface area (Å²) in [5.41, 5.74) is 3.78. The minimum absolute atomic E-state index is 0.322. The number of carbonyl (C=O) groups is 3. The molecule has 0 saturated carbocycles. The van der Waals surface area contributed by atoms with Gasteiger partial charge >= 0.3 is 6.03 Å². The second kappa shape index (κ2) is 7.96. The second-order valence-electron chi connectivity index (χ2n) is 8.31. The lowest BCUT2D eigenvalue weighted by molar-refractivity contribution is -0.134. The summed E-state index contributed by atoms with van der Waals surface area (Å²) in [6.07, 6.45) is 1.69. The van der Waals surface area contributed by atoms with Gasteiger partial charge in [-0.1, -0.05) is 72.8 Å². The van der Waals surface area contributed by atoms with E-state index in [4.69, 9.17) is 0 Å². The topological polar surface area (TPSA) is 78.5 Å². The first-order valence-electron chi connectivity index (χ1n) is 10.7. The van der Waals surface area contributed by atoms with Gasteiger partial charge in [-0.3, -0.25) is 14.5 Å². The Morgan fingerprint density at radius 2 is 1.59 bits per heavy atom. The smallest absolute Gasteiger partial charge is 0.324 e. The van der Waals surface area contributed by atoms with Crippen molar-refractivity contribution in [2.45, 2.75) is 24.8 Å². The number of hydrogen-bond donors (Lipinski definition) is 2. The van der Waals surface area contributed by atoms with Crippen molar-refractivity contribution in [3.8, 4) is 11.1 Å². The van der Waals surface area contributed by atoms with Crippen LogP contribution in [0.2, 0.25) is 0 Å². The first-order chi connectivity index (χ1) is 15.6. The fraction of sp³-hybridized carbons (Fsp3) is 0.192. The number of anilines is 1. The van der Waals surface area contributed by atoms with Crippen LogP contribution in [0.4, 0.5) is 10.5 Å². The van der Waals surface area contributed by atoms with Gasteiger partial charge in [0.15, 0.2) is 0 Å². The highest BCUT2D eigenvalue weighted by Crippen LogP contribution is 2.34. The summed E-state index contributed by atoms with van der Waals surface area (Å²) in [4.78, 5) is 39.8. The van der Waals surface area contributed by atoms with Gasteiger partial charge in [-0.05, 0) is 35.6 Å². The number of carbonyl (C=O) groups excluding carboxylic acids is 3. The molecule has 0 bridgehead atoms. The van der Waals surface area contributed by atoms with Crippen LogP contribution in [0.5, 0.6) is 0 Å². The normalized spacial score (nSPS) is 19.6. The van der Waals surface area contributed by atoms with E-state index in [1.54, 1.807) is 0 Å². The van der Waals surface area contributed by atoms with E-state index in [1.165, 1.54) is 5.56 Å². The number of amides is 4. The summed E-state index contributed by atoms with van der Waals surface area (Å²) < 4.78 is 0. The van der Waals surface area contributed by atoms with Gasteiger partial charge in [0.1, 0.15) is 12.1 Å². The summed E-state index contributed by atoms with van der Waals surface area (Å²) >= 11 is 0. The molecular weight excluding hydrogens is 402 g/mol. The van der Waals surface area contributed by atoms with Crippen LogP contribution >= 0.6 is 0 Å². The van der Waals surface area contributed by atoms with Gasteiger partial charge in [0.05, 0.1) is 0 Å². The molecule has 6 heteroatoms. The van der Waals surface area contributed by atoms with Crippen molar-refractivity contribution in [1.29, 1.82) is 0 Å². The number of urea groups is 1. The highest BCUT2D eigenvalue weighted by Gasteiger charge is 2.52. The lowest BCUT2D eigenvalue weighted by Gasteiger charge is -2.32. The summed E-state index contributed by atoms with van der Waals surface area (Å²) in [6.45, 7) is -0.322. The third-order valence-corrected chi connectivity index (χ3v) is 6.27. The van der Waals surface area contributed by atoms with Crippen molar-refractivity contribution >= 4 is 23.5 Å². The molecule has 160 valence electrons. The van der Waals surface area contributed by atoms with Crippen molar-refractivity contribution in [3.63, 3.8) is 0 Å². The highest BCUT2D eigenvalue weighted by atomic mass is 16.2. The molecule has 1 spiro atoms. The molecule has 3 aromatic carbocycles. The quantitative estimate of drug-likeness (QED) is 0.625. The molecule has 5 rings (SSSR count). The van der Waals surface area contributed by atoms with Gasteiger partial charge < -0.3 is 10.6 Å². The maximum absolute atomic E-state index is 13.2. The van der Waals surface area contributed by atoms with E-state index < -0.39 is 17.5 Å². The van der Waals surface area contributed by atoms with Crippen LogP contribution in [-0.2, 0) is 22.4 Å². The zero-order chi connectivity index (χ0) is 22.1. The highest BCUT2D eigenvalue weighted by molar-refractivity contribution is 6.10. The molecule has 1 unspecified atom stereocenters. The van der Waals surface area contributed by atoms with Crippen LogP contribution < -0.4 is 10.6 Å². The monoisotopic (exact) mass is 425 g/mol. The van der Waals surface area contributed by atoms with E-state index in [0.29, 0.717) is 24.9 Å². The predicted molar refractivity (Wildman–Crippen MR) is 122 cm³/mol. The van der Waals surface area contributed by atoms with E-state index in [1.807, 2.05) is 72.8 Å². The summed E-state index contributed by atoms with van der Waals surface area (Å²) in [6, 6.07) is 24.7. The molecular formula is C26H23N3O3. The Morgan fingerprint density at radius 3 is 2.41 bits per heavy atom. The fourth-order valence-corrected chi connectivity index (χ4v) is 4.64. The van der Waals surface area contributed by atoms with Crippen LogP contribution in [0.3, 0.4) is 0 Å². The number of aryl methyl sites for hydroxylation is 1. The zero-order valence-electron chi connectivity index (χ0n) is 17.5. The minimum Gasteiger partial charge on any atom is -0.324 e. The molecule has 6 nitrogen and oxygen atoms in total. The van der Waals surface area contributed by atoms with E-state index in [2.05, 4.69) is 16.7 Å². The number of hydrogen-bond acceptors (Lipinski definition) is 3. The molecule has 1 aliphatic heterocycles. The number of nitrogens with zero attached hydrogens (tertiary/aromatic N) is 1. The largest absolute Gasteiger partial charge is 0.325 e. The van der Waals surface area contributed by atoms with Gasteiger partial charge in [0, 0.05) is 17.7 Å². The molecule has 0 aromatic heterocycles. The zero-order valence-corrected chi connectivity index (χ0v) is 17.5. The molecule has 3 aromatic rings. The fourth-order valence-electron chi connectivity index (χ4n) is 4.64. The summed E-state index contributed by atoms with van der Waals surface area (Å²) in [5.74, 6) is -0.742. The summed E-state index contributed by atoms with van der Waals surface area (Å²) in [7, 11) is 0. The molecule has 32 heavy (non-hydrogen) atoms. The van der Waals surface area contributed by atoms with Gasteiger partial charge in [0.25, 0.3) is 5.91 Å². The lowest BCUT2D eigenvalue weighted by Crippen LogP contribution is -2.51. The Bertz CT molecular complexity index is 1210. The van der Waals surface area contributed by atoms with Crippen molar-refractivity contribution in [2.24, 2.45) is 0 Å². The Labute approximate surface area is 186 Å². The Kier molecular flexibility index (Phi) is 4.98. The molecule has 1 heterocycles. The lowest BCUT2D eigenvalue weighted by atomic mass is 9.78. The van der Waals surface area contributed by atoms with Gasteiger partial charge in [-0.25, -0.2) is 4.79 Å². The first kappa shape index (κ1) is 20.0. The molecule has 2 aliphatic rings. The summed E-state index contributed by atoms with van der Waals surface area (Å²) in [5, 5.41) is 5.75. The van der Waals surface area contributed by atoms with E-state index in [-0.39, 0.29) is 12.5 Å². The van der Waals surface area contributed by atoms with Crippen molar-refractivity contribution in [2.75, 3.05) is 11.9 Å². The van der Waals surface area contributed by atoms with Crippen LogP contribution in [-0.4, -0.2) is 34.8 Å². The third-order valence-electron chi connectivity index (χ3n) is 6.27. The molecule has 2 N–H and O–H groups in total. The van der Waals surface area contributed by atoms with Gasteiger partial charge in [-0.15, -0.1) is 0 Å². The number of benzene rings is 3. The standard InChI is InChI=1S/C26H23N3O3/c30-23(27-22-13-7-6-12-21(22)19-9-2-1-3-10-19)17-29-24(31)26(28-25(29)32)15-14-18-8-4-5-11-20(18)16-26/h1-13H,14-17H2,(H,27,30)(H,28,32). The molecule has 1 fully saturated rings. The van der Waals surface area contributed by atoms with Gasteiger partial charge in [-0.2, -0.15) is 0 Å². The van der Waals surface area contributed by atoms with E-state index >= 15 is 0 Å². The molecule has 1 aliphatic carbocycles. The van der Waals surface area contributed by atoms with Crippen molar-refractivity contribution in [1.82, 2.24) is 10.2 Å². The van der Waals surface area contributed by atoms with Crippen molar-refractivity contribution < 1.29 is 14.4 Å². The molecule has 4 amide bonds. The maximum atomic E-state index is 13.2. The SMILES string of the molecule is O=C(CN1C(=O)NC2(CCc3ccccc3C2)C1=O)Nc1ccccc1-c1ccccc1. The number of nitrogens with one attached hydrogen (secondary N) is 2. The van der Waals surface area contributed by atoms with Crippen LogP contribution in [0.25, 0.3) is 11.1 Å².